The number of benzene rings is 1. The Morgan fingerprint density at radius 1 is 0.881 bits per heavy atom. The number of hydrogen-bond acceptors (Lipinski definition) is 7. The predicted molar refractivity (Wildman–Crippen MR) is 165 cm³/mol. The molecule has 9 nitrogen and oxygen atoms in total. The number of carbonyl (C=O) groups is 2. The van der Waals surface area contributed by atoms with Gasteiger partial charge in [0.1, 0.15) is 0 Å². The molecule has 1 saturated carbocycles. The normalized spacial score (nSPS) is 16.9. The van der Waals surface area contributed by atoms with Crippen LogP contribution in [-0.2, 0) is 16.0 Å². The first-order chi connectivity index (χ1) is 20.4. The van der Waals surface area contributed by atoms with Crippen LogP contribution in [0.15, 0.2) is 29.1 Å². The molecule has 0 bridgehead atoms. The molecule has 0 aliphatic heterocycles. The van der Waals surface area contributed by atoms with Crippen LogP contribution >= 0.6 is 0 Å². The zero-order valence-electron chi connectivity index (χ0n) is 25.4. The lowest BCUT2D eigenvalue weighted by molar-refractivity contribution is -0.122. The highest BCUT2D eigenvalue weighted by Gasteiger charge is 2.29. The van der Waals surface area contributed by atoms with E-state index in [1.807, 2.05) is 12.1 Å². The first-order valence-corrected chi connectivity index (χ1v) is 15.2. The van der Waals surface area contributed by atoms with Crippen LogP contribution < -0.4 is 35.6 Å². The van der Waals surface area contributed by atoms with E-state index in [4.69, 9.17) is 14.2 Å². The summed E-state index contributed by atoms with van der Waals surface area (Å²) >= 11 is 0. The fourth-order valence-corrected chi connectivity index (χ4v) is 6.23. The minimum atomic E-state index is -0.364. The fourth-order valence-electron chi connectivity index (χ4n) is 6.23. The van der Waals surface area contributed by atoms with Crippen LogP contribution in [0.4, 0.5) is 5.69 Å². The Hall–Kier alpha value is -3.75. The Morgan fingerprint density at radius 2 is 1.60 bits per heavy atom. The number of hydrogen-bond donors (Lipinski definition) is 3. The first-order valence-electron chi connectivity index (χ1n) is 15.2. The molecule has 1 atom stereocenters. The highest BCUT2D eigenvalue weighted by atomic mass is 16.5. The Kier molecular flexibility index (Phi) is 11.1. The van der Waals surface area contributed by atoms with E-state index in [0.717, 1.165) is 29.5 Å². The molecule has 3 N–H and O–H groups in total. The number of amides is 2. The van der Waals surface area contributed by atoms with Crippen molar-refractivity contribution in [3.8, 4) is 28.4 Å². The van der Waals surface area contributed by atoms with Gasteiger partial charge in [-0.2, -0.15) is 0 Å². The summed E-state index contributed by atoms with van der Waals surface area (Å²) in [6.07, 6.45) is 10.5. The maximum Gasteiger partial charge on any atom is 0.220 e. The molecule has 9 heteroatoms. The van der Waals surface area contributed by atoms with Crippen LogP contribution in [0.2, 0.25) is 0 Å². The highest BCUT2D eigenvalue weighted by Crippen LogP contribution is 2.50. The lowest BCUT2D eigenvalue weighted by Crippen LogP contribution is -2.35. The third-order valence-electron chi connectivity index (χ3n) is 8.28. The van der Waals surface area contributed by atoms with Gasteiger partial charge in [0.2, 0.25) is 23.0 Å². The van der Waals surface area contributed by atoms with E-state index in [9.17, 15) is 14.4 Å². The average molecular weight is 580 g/mol. The molecule has 2 aromatic rings. The second-order valence-electron chi connectivity index (χ2n) is 11.2. The number of aryl methyl sites for hydroxylation is 1. The van der Waals surface area contributed by atoms with Crippen molar-refractivity contribution in [3.05, 3.63) is 45.6 Å². The lowest BCUT2D eigenvalue weighted by Gasteiger charge is -2.21. The summed E-state index contributed by atoms with van der Waals surface area (Å²) in [6, 6.07) is 7.11. The van der Waals surface area contributed by atoms with Crippen molar-refractivity contribution in [1.29, 1.82) is 0 Å². The molecule has 2 aromatic carbocycles. The minimum absolute atomic E-state index is 0.0706. The summed E-state index contributed by atoms with van der Waals surface area (Å²) in [5.74, 6) is 1.43. The molecule has 42 heavy (non-hydrogen) atoms. The number of carbonyl (C=O) groups excluding carboxylic acids is 2. The second kappa shape index (κ2) is 14.9. The van der Waals surface area contributed by atoms with Gasteiger partial charge in [-0.15, -0.1) is 0 Å². The number of ether oxygens (including phenoxy) is 3. The largest absolute Gasteiger partial charge is 0.493 e. The van der Waals surface area contributed by atoms with Gasteiger partial charge in [0.05, 0.1) is 33.1 Å². The van der Waals surface area contributed by atoms with Gasteiger partial charge in [0.25, 0.3) is 0 Å². The Balaban J connectivity index is 1.57. The SMILES string of the molecule is COc1cc2c(c(OC)c1OC)-c1ccc(NCCCC(=O)NC3CCCCCCC3)c(=O)cc1[C@H](NC(C)=O)CC2. The smallest absolute Gasteiger partial charge is 0.220 e. The van der Waals surface area contributed by atoms with Crippen molar-refractivity contribution >= 4 is 17.5 Å². The van der Waals surface area contributed by atoms with Crippen molar-refractivity contribution < 1.29 is 23.8 Å². The molecule has 4 rings (SSSR count). The van der Waals surface area contributed by atoms with Crippen LogP contribution in [0.3, 0.4) is 0 Å². The molecule has 0 unspecified atom stereocenters. The molecule has 2 aliphatic carbocycles. The van der Waals surface area contributed by atoms with Crippen LogP contribution in [0.1, 0.15) is 88.3 Å². The van der Waals surface area contributed by atoms with Gasteiger partial charge in [-0.05, 0) is 67.0 Å². The Labute approximate surface area is 248 Å². The average Bonchev–Trinajstić information content (AvgIpc) is 3.19. The van der Waals surface area contributed by atoms with Crippen molar-refractivity contribution in [1.82, 2.24) is 10.6 Å². The molecule has 1 fully saturated rings. The van der Waals surface area contributed by atoms with E-state index in [1.54, 1.807) is 33.5 Å². The fraction of sp³-hybridized carbons (Fsp3) is 0.545. The minimum Gasteiger partial charge on any atom is -0.493 e. The molecule has 2 aliphatic rings. The molecule has 228 valence electrons. The third kappa shape index (κ3) is 7.55. The van der Waals surface area contributed by atoms with Crippen molar-refractivity contribution in [2.45, 2.75) is 89.6 Å². The monoisotopic (exact) mass is 579 g/mol. The molecule has 0 heterocycles. The van der Waals surface area contributed by atoms with Crippen LogP contribution in [0, 0.1) is 0 Å². The number of rotatable bonds is 10. The van der Waals surface area contributed by atoms with Gasteiger partial charge in [-0.25, -0.2) is 0 Å². The Morgan fingerprint density at radius 3 is 2.26 bits per heavy atom. The van der Waals surface area contributed by atoms with E-state index in [0.29, 0.717) is 60.7 Å². The molecule has 0 saturated heterocycles. The maximum atomic E-state index is 13.4. The van der Waals surface area contributed by atoms with Crippen LogP contribution in [-0.4, -0.2) is 45.7 Å². The van der Waals surface area contributed by atoms with Crippen molar-refractivity contribution in [3.63, 3.8) is 0 Å². The van der Waals surface area contributed by atoms with E-state index in [1.165, 1.54) is 39.0 Å². The summed E-state index contributed by atoms with van der Waals surface area (Å²) in [4.78, 5) is 38.2. The predicted octanol–water partition coefficient (Wildman–Crippen LogP) is 5.28. The Bertz CT molecular complexity index is 1320. The van der Waals surface area contributed by atoms with Gasteiger partial charge in [-0.3, -0.25) is 14.4 Å². The summed E-state index contributed by atoms with van der Waals surface area (Å²) in [7, 11) is 4.72. The van der Waals surface area contributed by atoms with Crippen molar-refractivity contribution in [2.75, 3.05) is 33.2 Å². The quantitative estimate of drug-likeness (QED) is 0.328. The summed E-state index contributed by atoms with van der Waals surface area (Å²) in [5, 5.41) is 9.48. The highest BCUT2D eigenvalue weighted by molar-refractivity contribution is 5.83. The third-order valence-corrected chi connectivity index (χ3v) is 8.28. The summed E-state index contributed by atoms with van der Waals surface area (Å²) in [6.45, 7) is 1.97. The number of fused-ring (bicyclic) bond motifs is 3. The zero-order chi connectivity index (χ0) is 30.1. The standard InChI is InChI=1S/C33H45N3O6/c1-21(37)35-26-16-14-22-19-29(40-2)32(41-3)33(42-4)31(22)24-15-17-27(28(38)20-25(24)26)34-18-10-13-30(39)36-23-11-8-6-5-7-9-12-23/h15,17,19-20,23,26H,5-14,16,18H2,1-4H3,(H,34,38)(H,35,37)(H,36,39)/t26-/m1/s1. The number of anilines is 1. The molecular weight excluding hydrogens is 534 g/mol. The van der Waals surface area contributed by atoms with Gasteiger partial charge in [0, 0.05) is 31.5 Å². The van der Waals surface area contributed by atoms with E-state index < -0.39 is 0 Å². The van der Waals surface area contributed by atoms with Crippen LogP contribution in [0.25, 0.3) is 11.1 Å². The van der Waals surface area contributed by atoms with E-state index >= 15 is 0 Å². The summed E-state index contributed by atoms with van der Waals surface area (Å²) < 4.78 is 17.1. The maximum absolute atomic E-state index is 13.4. The lowest BCUT2D eigenvalue weighted by atomic mass is 9.95. The first kappa shape index (κ1) is 31.2. The van der Waals surface area contributed by atoms with Crippen molar-refractivity contribution in [2.24, 2.45) is 0 Å². The molecule has 0 aromatic heterocycles. The molecule has 2 amide bonds. The molecule has 0 spiro atoms. The second-order valence-corrected chi connectivity index (χ2v) is 11.2. The van der Waals surface area contributed by atoms with Gasteiger partial charge >= 0.3 is 0 Å². The zero-order valence-corrected chi connectivity index (χ0v) is 25.4. The van der Waals surface area contributed by atoms with E-state index in [2.05, 4.69) is 16.0 Å². The number of nitrogens with one attached hydrogen (secondary N) is 3. The topological polar surface area (TPSA) is 115 Å². The van der Waals surface area contributed by atoms with Gasteiger partial charge < -0.3 is 30.2 Å². The van der Waals surface area contributed by atoms with Gasteiger partial charge in [0.15, 0.2) is 11.5 Å². The number of methoxy groups -OCH3 is 3. The van der Waals surface area contributed by atoms with Gasteiger partial charge in [-0.1, -0.05) is 38.2 Å². The molecular formula is C33H45N3O6. The van der Waals surface area contributed by atoms with Crippen LogP contribution in [0.5, 0.6) is 17.2 Å². The summed E-state index contributed by atoms with van der Waals surface area (Å²) in [5.41, 5.74) is 3.53. The molecule has 0 radical (unpaired) electrons. The van der Waals surface area contributed by atoms with E-state index in [-0.39, 0.29) is 29.3 Å².